The maximum Gasteiger partial charge on any atom is 0.237 e. The van der Waals surface area contributed by atoms with Crippen LogP contribution < -0.4 is 11.1 Å². The summed E-state index contributed by atoms with van der Waals surface area (Å²) in [5.41, 5.74) is 4.97. The highest BCUT2D eigenvalue weighted by Gasteiger charge is 2.31. The molecule has 0 aromatic rings. The van der Waals surface area contributed by atoms with E-state index in [2.05, 4.69) is 29.1 Å². The molecule has 1 amide bonds. The second kappa shape index (κ2) is 7.38. The van der Waals surface area contributed by atoms with E-state index in [9.17, 15) is 4.79 Å². The Morgan fingerprint density at radius 2 is 2.10 bits per heavy atom. The van der Waals surface area contributed by atoms with Crippen LogP contribution in [-0.4, -0.2) is 66.6 Å². The molecule has 0 aromatic heterocycles. The minimum Gasteiger partial charge on any atom is -0.368 e. The maximum atomic E-state index is 11.7. The van der Waals surface area contributed by atoms with Crippen molar-refractivity contribution in [2.24, 2.45) is 5.73 Å². The SMILES string of the molecule is CC(C)NC(C)(CCCN1CCN(C)CC1C)C(N)=O. The molecule has 0 saturated carbocycles. The van der Waals surface area contributed by atoms with Crippen molar-refractivity contribution >= 4 is 5.91 Å². The first-order valence-corrected chi connectivity index (χ1v) is 7.75. The van der Waals surface area contributed by atoms with Gasteiger partial charge in [0.05, 0.1) is 5.54 Å². The van der Waals surface area contributed by atoms with Gasteiger partial charge in [0.15, 0.2) is 0 Å². The Kier molecular flexibility index (Phi) is 6.43. The standard InChI is InChI=1S/C15H32N4O/c1-12(2)17-15(4,14(16)20)7-6-8-19-10-9-18(5)11-13(19)3/h12-13,17H,6-11H2,1-5H3,(H2,16,20). The van der Waals surface area contributed by atoms with E-state index < -0.39 is 5.54 Å². The summed E-state index contributed by atoms with van der Waals surface area (Å²) in [5.74, 6) is -0.252. The van der Waals surface area contributed by atoms with Crippen molar-refractivity contribution < 1.29 is 4.79 Å². The molecule has 5 heteroatoms. The summed E-state index contributed by atoms with van der Waals surface area (Å²) in [5, 5.41) is 3.31. The van der Waals surface area contributed by atoms with Crippen LogP contribution in [0.1, 0.15) is 40.5 Å². The molecular weight excluding hydrogens is 252 g/mol. The first-order chi connectivity index (χ1) is 9.24. The number of piperazine rings is 1. The molecule has 1 fully saturated rings. The number of carbonyl (C=O) groups is 1. The van der Waals surface area contributed by atoms with Gasteiger partial charge in [0.1, 0.15) is 0 Å². The van der Waals surface area contributed by atoms with E-state index in [0.29, 0.717) is 6.04 Å². The zero-order valence-electron chi connectivity index (χ0n) is 13.8. The van der Waals surface area contributed by atoms with Crippen molar-refractivity contribution in [1.29, 1.82) is 0 Å². The molecule has 118 valence electrons. The molecule has 2 unspecified atom stereocenters. The van der Waals surface area contributed by atoms with Crippen LogP contribution in [0.2, 0.25) is 0 Å². The lowest BCUT2D eigenvalue weighted by Gasteiger charge is -2.39. The molecule has 1 rings (SSSR count). The van der Waals surface area contributed by atoms with Gasteiger partial charge in [-0.3, -0.25) is 9.69 Å². The van der Waals surface area contributed by atoms with Crippen LogP contribution in [0.4, 0.5) is 0 Å². The predicted molar refractivity (Wildman–Crippen MR) is 83.6 cm³/mol. The number of nitrogens with two attached hydrogens (primary N) is 1. The quantitative estimate of drug-likeness (QED) is 0.720. The number of rotatable bonds is 7. The van der Waals surface area contributed by atoms with Gasteiger partial charge in [-0.15, -0.1) is 0 Å². The van der Waals surface area contributed by atoms with Crippen LogP contribution in [0, 0.1) is 0 Å². The van der Waals surface area contributed by atoms with Crippen molar-refractivity contribution in [2.45, 2.75) is 58.2 Å². The molecule has 3 N–H and O–H groups in total. The van der Waals surface area contributed by atoms with Gasteiger partial charge < -0.3 is 16.0 Å². The normalized spacial score (nSPS) is 24.8. The Balaban J connectivity index is 2.43. The van der Waals surface area contributed by atoms with E-state index in [4.69, 9.17) is 5.73 Å². The van der Waals surface area contributed by atoms with E-state index in [-0.39, 0.29) is 11.9 Å². The molecule has 1 saturated heterocycles. The number of nitrogens with zero attached hydrogens (tertiary/aromatic N) is 2. The smallest absolute Gasteiger partial charge is 0.237 e. The minimum atomic E-state index is -0.593. The van der Waals surface area contributed by atoms with Gasteiger partial charge in [-0.1, -0.05) is 0 Å². The minimum absolute atomic E-state index is 0.252. The molecule has 1 aliphatic rings. The molecule has 0 spiro atoms. The molecule has 1 heterocycles. The monoisotopic (exact) mass is 284 g/mol. The van der Waals surface area contributed by atoms with Gasteiger partial charge in [-0.2, -0.15) is 0 Å². The number of amides is 1. The van der Waals surface area contributed by atoms with Gasteiger partial charge >= 0.3 is 0 Å². The number of nitrogens with one attached hydrogen (secondary N) is 1. The fourth-order valence-corrected chi connectivity index (χ4v) is 3.05. The fraction of sp³-hybridized carbons (Fsp3) is 0.933. The van der Waals surface area contributed by atoms with E-state index >= 15 is 0 Å². The van der Waals surface area contributed by atoms with E-state index in [1.807, 2.05) is 20.8 Å². The second-order valence-corrected chi connectivity index (χ2v) is 6.75. The molecule has 0 radical (unpaired) electrons. The van der Waals surface area contributed by atoms with Crippen molar-refractivity contribution in [3.05, 3.63) is 0 Å². The average Bonchev–Trinajstić information content (AvgIpc) is 2.30. The summed E-state index contributed by atoms with van der Waals surface area (Å²) in [4.78, 5) is 16.6. The molecule has 20 heavy (non-hydrogen) atoms. The first kappa shape index (κ1) is 17.4. The third kappa shape index (κ3) is 5.04. The number of primary amides is 1. The van der Waals surface area contributed by atoms with E-state index in [0.717, 1.165) is 39.0 Å². The third-order valence-corrected chi connectivity index (χ3v) is 4.24. The summed E-state index contributed by atoms with van der Waals surface area (Å²) in [6.45, 7) is 12.7. The van der Waals surface area contributed by atoms with Crippen LogP contribution in [0.25, 0.3) is 0 Å². The zero-order chi connectivity index (χ0) is 15.3. The molecule has 0 aromatic carbocycles. The predicted octanol–water partition coefficient (Wildman–Crippen LogP) is 0.645. The Hall–Kier alpha value is -0.650. The number of hydrogen-bond acceptors (Lipinski definition) is 4. The Labute approximate surface area is 123 Å². The van der Waals surface area contributed by atoms with Crippen LogP contribution in [0.5, 0.6) is 0 Å². The van der Waals surface area contributed by atoms with Crippen LogP contribution in [-0.2, 0) is 4.79 Å². The van der Waals surface area contributed by atoms with Gasteiger partial charge in [0, 0.05) is 31.7 Å². The van der Waals surface area contributed by atoms with Crippen LogP contribution >= 0.6 is 0 Å². The van der Waals surface area contributed by atoms with Gasteiger partial charge in [0.25, 0.3) is 0 Å². The molecule has 5 nitrogen and oxygen atoms in total. The first-order valence-electron chi connectivity index (χ1n) is 7.75. The fourth-order valence-electron chi connectivity index (χ4n) is 3.05. The molecule has 2 atom stereocenters. The molecule has 0 bridgehead atoms. The van der Waals surface area contributed by atoms with Crippen molar-refractivity contribution in [3.8, 4) is 0 Å². The summed E-state index contributed by atoms with van der Waals surface area (Å²) in [6.07, 6.45) is 1.78. The van der Waals surface area contributed by atoms with Crippen molar-refractivity contribution in [3.63, 3.8) is 0 Å². The number of likely N-dealkylation sites (N-methyl/N-ethyl adjacent to an activating group) is 1. The van der Waals surface area contributed by atoms with E-state index in [1.54, 1.807) is 0 Å². The highest BCUT2D eigenvalue weighted by atomic mass is 16.1. The Morgan fingerprint density at radius 1 is 1.45 bits per heavy atom. The topological polar surface area (TPSA) is 61.6 Å². The lowest BCUT2D eigenvalue weighted by molar-refractivity contribution is -0.124. The van der Waals surface area contributed by atoms with Crippen LogP contribution in [0.3, 0.4) is 0 Å². The van der Waals surface area contributed by atoms with Crippen molar-refractivity contribution in [1.82, 2.24) is 15.1 Å². The molecule has 0 aliphatic carbocycles. The Morgan fingerprint density at radius 3 is 2.60 bits per heavy atom. The lowest BCUT2D eigenvalue weighted by Crippen LogP contribution is -2.56. The molecule has 1 aliphatic heterocycles. The summed E-state index contributed by atoms with van der Waals surface area (Å²) >= 11 is 0. The zero-order valence-corrected chi connectivity index (χ0v) is 13.8. The van der Waals surface area contributed by atoms with Gasteiger partial charge in [0.2, 0.25) is 5.91 Å². The largest absolute Gasteiger partial charge is 0.368 e. The average molecular weight is 284 g/mol. The van der Waals surface area contributed by atoms with Crippen molar-refractivity contribution in [2.75, 3.05) is 33.2 Å². The van der Waals surface area contributed by atoms with Crippen LogP contribution in [0.15, 0.2) is 0 Å². The number of hydrogen-bond donors (Lipinski definition) is 2. The summed E-state index contributed by atoms with van der Waals surface area (Å²) < 4.78 is 0. The summed E-state index contributed by atoms with van der Waals surface area (Å²) in [7, 11) is 2.17. The number of carbonyl (C=O) groups excluding carboxylic acids is 1. The highest BCUT2D eigenvalue weighted by Crippen LogP contribution is 2.16. The lowest BCUT2D eigenvalue weighted by atomic mass is 9.93. The highest BCUT2D eigenvalue weighted by molar-refractivity contribution is 5.84. The third-order valence-electron chi connectivity index (χ3n) is 4.24. The Bertz CT molecular complexity index is 321. The van der Waals surface area contributed by atoms with Gasteiger partial charge in [-0.05, 0) is 54.1 Å². The second-order valence-electron chi connectivity index (χ2n) is 6.75. The van der Waals surface area contributed by atoms with E-state index in [1.165, 1.54) is 0 Å². The van der Waals surface area contributed by atoms with Gasteiger partial charge in [-0.25, -0.2) is 0 Å². The molecular formula is C15H32N4O. The summed E-state index contributed by atoms with van der Waals surface area (Å²) in [6, 6.07) is 0.849. The maximum absolute atomic E-state index is 11.7.